The number of nitrogens with one attached hydrogen (secondary N) is 3. The zero-order valence-electron chi connectivity index (χ0n) is 27.5. The van der Waals surface area contributed by atoms with Gasteiger partial charge in [0, 0.05) is 6.54 Å². The minimum Gasteiger partial charge on any atom is -0.458 e. The molecule has 5 atom stereocenters. The van der Waals surface area contributed by atoms with Crippen molar-refractivity contribution >= 4 is 35.5 Å². The van der Waals surface area contributed by atoms with Gasteiger partial charge in [0.1, 0.15) is 23.7 Å². The van der Waals surface area contributed by atoms with Gasteiger partial charge in [0.15, 0.2) is 0 Å². The third kappa shape index (κ3) is 9.41. The summed E-state index contributed by atoms with van der Waals surface area (Å²) in [5.41, 5.74) is 3.81. The fourth-order valence-electron chi connectivity index (χ4n) is 6.42. The van der Waals surface area contributed by atoms with Gasteiger partial charge in [0.05, 0.1) is 6.04 Å². The second-order valence-electron chi connectivity index (χ2n) is 15.1. The van der Waals surface area contributed by atoms with Crippen molar-refractivity contribution in [3.05, 3.63) is 0 Å². The number of esters is 1. The number of amides is 5. The number of Topliss-reactive ketones (excluding diaryl/α,β-unsaturated/α-hetero) is 1. The predicted molar refractivity (Wildman–Crippen MR) is 164 cm³/mol. The normalized spacial score (nSPS) is 23.2. The van der Waals surface area contributed by atoms with E-state index in [1.165, 1.54) is 4.90 Å². The number of urea groups is 1. The Hall–Kier alpha value is -3.18. The summed E-state index contributed by atoms with van der Waals surface area (Å²) in [6.45, 7) is 13.0. The number of carbonyl (C=O) groups excluding carboxylic acids is 6. The maximum absolute atomic E-state index is 14.1. The van der Waals surface area contributed by atoms with Gasteiger partial charge in [-0.25, -0.2) is 9.59 Å². The van der Waals surface area contributed by atoms with Crippen LogP contribution in [0.1, 0.15) is 106 Å². The first-order chi connectivity index (χ1) is 20.4. The van der Waals surface area contributed by atoms with Crippen LogP contribution >= 0.6 is 0 Å². The first-order valence-corrected chi connectivity index (χ1v) is 16.1. The summed E-state index contributed by atoms with van der Waals surface area (Å²) >= 11 is 0. The molecule has 0 aromatic heterocycles. The van der Waals surface area contributed by atoms with Crippen LogP contribution in [-0.2, 0) is 28.7 Å². The first kappa shape index (κ1) is 35.3. The monoisotopic (exact) mass is 619 g/mol. The molecule has 0 radical (unpaired) electrons. The van der Waals surface area contributed by atoms with Crippen molar-refractivity contribution in [2.45, 2.75) is 136 Å². The molecule has 1 saturated heterocycles. The molecule has 3 rings (SSSR count). The van der Waals surface area contributed by atoms with E-state index in [1.807, 2.05) is 27.7 Å². The van der Waals surface area contributed by atoms with Crippen LogP contribution in [0.3, 0.4) is 0 Å². The highest BCUT2D eigenvalue weighted by Crippen LogP contribution is 2.32. The van der Waals surface area contributed by atoms with Crippen LogP contribution in [0.25, 0.3) is 0 Å². The Labute approximate surface area is 261 Å². The molecule has 0 aromatic rings. The molecule has 5 N–H and O–H groups in total. The van der Waals surface area contributed by atoms with E-state index in [2.05, 4.69) is 16.0 Å². The number of likely N-dealkylation sites (tertiary alicyclic amines) is 1. The summed E-state index contributed by atoms with van der Waals surface area (Å²) in [4.78, 5) is 79.8. The fraction of sp³-hybridized carbons (Fsp3) is 0.812. The lowest BCUT2D eigenvalue weighted by Gasteiger charge is -2.36. The maximum Gasteiger partial charge on any atom is 0.329 e. The van der Waals surface area contributed by atoms with Crippen molar-refractivity contribution in [1.29, 1.82) is 0 Å². The smallest absolute Gasteiger partial charge is 0.329 e. The van der Waals surface area contributed by atoms with Crippen molar-refractivity contribution in [2.24, 2.45) is 28.9 Å². The van der Waals surface area contributed by atoms with Gasteiger partial charge in [-0.1, -0.05) is 59.8 Å². The molecule has 2 aliphatic carbocycles. The Morgan fingerprint density at radius 2 is 1.50 bits per heavy atom. The molecule has 1 unspecified atom stereocenters. The molecule has 3 fully saturated rings. The van der Waals surface area contributed by atoms with Crippen LogP contribution in [0.4, 0.5) is 4.79 Å². The van der Waals surface area contributed by atoms with Gasteiger partial charge < -0.3 is 31.3 Å². The van der Waals surface area contributed by atoms with Crippen molar-refractivity contribution in [1.82, 2.24) is 20.9 Å². The Balaban J connectivity index is 1.76. The van der Waals surface area contributed by atoms with Crippen LogP contribution in [0.5, 0.6) is 0 Å². The number of nitrogens with two attached hydrogens (primary N) is 1. The lowest BCUT2D eigenvalue weighted by Crippen LogP contribution is -2.61. The zero-order valence-corrected chi connectivity index (χ0v) is 27.5. The summed E-state index contributed by atoms with van der Waals surface area (Å²) in [6.07, 6.45) is 7.05. The molecular weight excluding hydrogens is 566 g/mol. The third-order valence-corrected chi connectivity index (χ3v) is 8.97. The molecule has 0 aromatic carbocycles. The van der Waals surface area contributed by atoms with E-state index in [-0.39, 0.29) is 24.3 Å². The zero-order chi connectivity index (χ0) is 33.0. The second-order valence-corrected chi connectivity index (χ2v) is 15.1. The number of hydrogen-bond donors (Lipinski definition) is 4. The van der Waals surface area contributed by atoms with Gasteiger partial charge in [-0.15, -0.1) is 0 Å². The number of ether oxygens (including phenoxy) is 1. The van der Waals surface area contributed by atoms with Gasteiger partial charge in [-0.05, 0) is 69.6 Å². The molecular formula is C32H53N5O7. The van der Waals surface area contributed by atoms with Gasteiger partial charge in [0.2, 0.25) is 17.6 Å². The lowest BCUT2D eigenvalue weighted by atomic mass is 9.80. The average Bonchev–Trinajstić information content (AvgIpc) is 3.54. The van der Waals surface area contributed by atoms with Crippen molar-refractivity contribution in [3.63, 3.8) is 0 Å². The van der Waals surface area contributed by atoms with Crippen molar-refractivity contribution < 1.29 is 33.5 Å². The largest absolute Gasteiger partial charge is 0.458 e. The van der Waals surface area contributed by atoms with Crippen molar-refractivity contribution in [3.8, 4) is 0 Å². The van der Waals surface area contributed by atoms with E-state index in [0.717, 1.165) is 44.9 Å². The number of rotatable bonds is 11. The quantitative estimate of drug-likeness (QED) is 0.203. The summed E-state index contributed by atoms with van der Waals surface area (Å²) in [5, 5.41) is 8.31. The van der Waals surface area contributed by atoms with E-state index in [9.17, 15) is 28.8 Å². The van der Waals surface area contributed by atoms with Crippen LogP contribution in [0.15, 0.2) is 0 Å². The molecule has 1 heterocycles. The number of primary amides is 1. The Bertz CT molecular complexity index is 1100. The maximum atomic E-state index is 14.1. The number of ketones is 1. The van der Waals surface area contributed by atoms with Crippen LogP contribution < -0.4 is 21.7 Å². The predicted octanol–water partition coefficient (Wildman–Crippen LogP) is 2.57. The summed E-state index contributed by atoms with van der Waals surface area (Å²) in [6, 6.07) is -4.47. The second kappa shape index (κ2) is 14.3. The first-order valence-electron chi connectivity index (χ1n) is 16.1. The Kier molecular flexibility index (Phi) is 11.5. The number of nitrogens with zero attached hydrogens (tertiary/aromatic N) is 1. The van der Waals surface area contributed by atoms with Gasteiger partial charge in [0.25, 0.3) is 5.91 Å². The number of carbonyl (C=O) groups is 6. The van der Waals surface area contributed by atoms with E-state index in [1.54, 1.807) is 20.8 Å². The van der Waals surface area contributed by atoms with Crippen LogP contribution in [0.2, 0.25) is 0 Å². The summed E-state index contributed by atoms with van der Waals surface area (Å²) < 4.78 is 5.61. The summed E-state index contributed by atoms with van der Waals surface area (Å²) in [7, 11) is 0. The molecule has 248 valence electrons. The van der Waals surface area contributed by atoms with Crippen molar-refractivity contribution in [2.75, 3.05) is 6.54 Å². The van der Waals surface area contributed by atoms with E-state index >= 15 is 0 Å². The SMILES string of the molecule is C[C@@H]1C[C@@H](C(=O)NC(CC2CCC2)C(=O)C(N)=O)N(C(=O)[C@@H](NC(=O)N[C@H](C(=O)OC(C)(C)C)C2CCCC2)C(C)(C)C)C1. The molecule has 12 heteroatoms. The van der Waals surface area contributed by atoms with E-state index in [0.29, 0.717) is 12.8 Å². The molecule has 3 aliphatic rings. The van der Waals surface area contributed by atoms with Crippen LogP contribution in [0, 0.1) is 23.2 Å². The molecule has 44 heavy (non-hydrogen) atoms. The number of hydrogen-bond acceptors (Lipinski definition) is 7. The van der Waals surface area contributed by atoms with Gasteiger partial charge in [-0.2, -0.15) is 0 Å². The Morgan fingerprint density at radius 1 is 0.886 bits per heavy atom. The standard InChI is InChI=1S/C32H53N5O7/c1-18-15-22(27(40)34-21(24(38)26(33)39)16-19-11-10-12-19)37(17-18)28(41)25(31(2,3)4)36-30(43)35-23(20-13-8-9-14-20)29(42)44-32(5,6)7/h18-23,25H,8-17H2,1-7H3,(H2,33,39)(H,34,40)(H2,35,36,43)/t18-,21?,22+,23+,25-/m1/s1. The Morgan fingerprint density at radius 3 is 2.00 bits per heavy atom. The molecule has 0 spiro atoms. The highest BCUT2D eigenvalue weighted by atomic mass is 16.6. The molecule has 1 aliphatic heterocycles. The topological polar surface area (TPSA) is 177 Å². The fourth-order valence-corrected chi connectivity index (χ4v) is 6.42. The molecule has 0 bridgehead atoms. The van der Waals surface area contributed by atoms with Gasteiger partial charge in [-0.3, -0.25) is 19.2 Å². The molecule has 5 amide bonds. The minimum atomic E-state index is -1.10. The highest BCUT2D eigenvalue weighted by Gasteiger charge is 2.45. The van der Waals surface area contributed by atoms with E-state index < -0.39 is 70.7 Å². The average molecular weight is 620 g/mol. The lowest BCUT2D eigenvalue weighted by molar-refractivity contribution is -0.158. The summed E-state index contributed by atoms with van der Waals surface area (Å²) in [5.74, 6) is -3.28. The molecule has 2 saturated carbocycles. The van der Waals surface area contributed by atoms with E-state index in [4.69, 9.17) is 10.5 Å². The van der Waals surface area contributed by atoms with Crippen LogP contribution in [-0.4, -0.2) is 76.7 Å². The third-order valence-electron chi connectivity index (χ3n) is 8.97. The van der Waals surface area contributed by atoms with Gasteiger partial charge >= 0.3 is 12.0 Å². The highest BCUT2D eigenvalue weighted by molar-refractivity contribution is 6.37. The molecule has 12 nitrogen and oxygen atoms in total. The minimum absolute atomic E-state index is 0.0139.